The van der Waals surface area contributed by atoms with Gasteiger partial charge in [0.15, 0.2) is 6.61 Å². The fraction of sp³-hybridized carbons (Fsp3) is 0.636. The minimum absolute atomic E-state index is 0.00994. The van der Waals surface area contributed by atoms with Gasteiger partial charge in [-0.3, -0.25) is 9.59 Å². The molecule has 4 aliphatic carbocycles. The van der Waals surface area contributed by atoms with Crippen molar-refractivity contribution in [3.63, 3.8) is 0 Å². The van der Waals surface area contributed by atoms with Crippen molar-refractivity contribution in [1.82, 2.24) is 0 Å². The molecule has 2 unspecified atom stereocenters. The molecule has 0 aromatic heterocycles. The lowest BCUT2D eigenvalue weighted by atomic mass is 9.49. The topological polar surface area (TPSA) is 46.6 Å². The number of hydrogen-bond acceptors (Lipinski definition) is 3. The third kappa shape index (κ3) is 3.49. The number of anilines is 1. The Bertz CT molecular complexity index is 718. The molecule has 0 radical (unpaired) electrons. The van der Waals surface area contributed by atoms with Gasteiger partial charge >= 0.3 is 5.97 Å². The smallest absolute Gasteiger partial charge is 0.312 e. The van der Waals surface area contributed by atoms with Crippen molar-refractivity contribution in [2.24, 2.45) is 17.3 Å². The van der Waals surface area contributed by atoms with E-state index in [2.05, 4.69) is 0 Å². The number of carbonyl (C=O) groups excluding carboxylic acids is 2. The van der Waals surface area contributed by atoms with E-state index in [1.165, 1.54) is 6.42 Å². The first kappa shape index (κ1) is 18.8. The number of esters is 1. The maximum Gasteiger partial charge on any atom is 0.312 e. The minimum Gasteiger partial charge on any atom is -0.455 e. The second-order valence-corrected chi connectivity index (χ2v) is 9.96. The number of halogens is 1. The van der Waals surface area contributed by atoms with Crippen LogP contribution in [0.1, 0.15) is 52.4 Å². The van der Waals surface area contributed by atoms with Gasteiger partial charge in [0.1, 0.15) is 0 Å². The first-order chi connectivity index (χ1) is 12.8. The van der Waals surface area contributed by atoms with Gasteiger partial charge in [-0.15, -0.1) is 11.6 Å². The number of carbonyl (C=O) groups is 2. The van der Waals surface area contributed by atoms with Crippen LogP contribution in [0, 0.1) is 17.3 Å². The fourth-order valence-electron chi connectivity index (χ4n) is 6.06. The molecule has 0 aliphatic heterocycles. The van der Waals surface area contributed by atoms with Gasteiger partial charge in [0.2, 0.25) is 0 Å². The van der Waals surface area contributed by atoms with E-state index < -0.39 is 5.41 Å². The molecule has 4 nitrogen and oxygen atoms in total. The summed E-state index contributed by atoms with van der Waals surface area (Å²) in [6, 6.07) is 9.51. The molecule has 0 saturated heterocycles. The zero-order valence-electron chi connectivity index (χ0n) is 16.1. The van der Waals surface area contributed by atoms with Crippen molar-refractivity contribution in [3.05, 3.63) is 30.3 Å². The molecule has 5 heteroatoms. The van der Waals surface area contributed by atoms with E-state index in [1.54, 1.807) is 4.90 Å². The van der Waals surface area contributed by atoms with Gasteiger partial charge in [0, 0.05) is 16.6 Å². The van der Waals surface area contributed by atoms with E-state index in [4.69, 9.17) is 16.3 Å². The molecule has 0 heterocycles. The van der Waals surface area contributed by atoms with Crippen LogP contribution in [0.5, 0.6) is 0 Å². The first-order valence-corrected chi connectivity index (χ1v) is 10.4. The molecule has 1 amide bonds. The minimum atomic E-state index is -0.471. The van der Waals surface area contributed by atoms with Crippen LogP contribution in [0.25, 0.3) is 0 Å². The summed E-state index contributed by atoms with van der Waals surface area (Å²) in [5, 5.41) is 0. The maximum absolute atomic E-state index is 13.0. The average molecular weight is 390 g/mol. The molecule has 0 spiro atoms. The standard InChI is InChI=1S/C22H28ClNO3/c1-15(2)24(18-6-4-3-5-7-18)19(25)13-27-20(26)21-9-16-8-17(10-21)12-22(23,11-16)14-21/h3-7,15-17H,8-14H2,1-2H3/t16-,17+,21?,22?. The van der Waals surface area contributed by atoms with Crippen LogP contribution in [0.2, 0.25) is 0 Å². The Hall–Kier alpha value is -1.55. The van der Waals surface area contributed by atoms with Crippen LogP contribution in [-0.2, 0) is 14.3 Å². The molecular formula is C22H28ClNO3. The Morgan fingerprint density at radius 2 is 1.78 bits per heavy atom. The number of nitrogens with zero attached hydrogens (tertiary/aromatic N) is 1. The number of benzene rings is 1. The van der Waals surface area contributed by atoms with Crippen LogP contribution in [-0.4, -0.2) is 29.4 Å². The number of para-hydroxylation sites is 1. The normalized spacial score (nSPS) is 33.9. The third-order valence-corrected chi connectivity index (χ3v) is 7.01. The number of alkyl halides is 1. The van der Waals surface area contributed by atoms with Gasteiger partial charge in [0.25, 0.3) is 5.91 Å². The zero-order valence-corrected chi connectivity index (χ0v) is 16.9. The second-order valence-electron chi connectivity index (χ2n) is 9.16. The van der Waals surface area contributed by atoms with Gasteiger partial charge in [0.05, 0.1) is 5.41 Å². The lowest BCUT2D eigenvalue weighted by molar-refractivity contribution is -0.171. The fourth-order valence-corrected chi connectivity index (χ4v) is 6.75. The van der Waals surface area contributed by atoms with E-state index in [1.807, 2.05) is 44.2 Å². The summed E-state index contributed by atoms with van der Waals surface area (Å²) in [7, 11) is 0. The summed E-state index contributed by atoms with van der Waals surface area (Å²) in [5.41, 5.74) is 0.352. The van der Waals surface area contributed by atoms with E-state index >= 15 is 0 Å². The van der Waals surface area contributed by atoms with Crippen LogP contribution in [0.15, 0.2) is 30.3 Å². The van der Waals surface area contributed by atoms with Crippen molar-refractivity contribution in [2.75, 3.05) is 11.5 Å². The van der Waals surface area contributed by atoms with E-state index in [0.29, 0.717) is 18.3 Å². The SMILES string of the molecule is CC(C)N(C(=O)COC(=O)C12C[C@@H]3C[C@@H](CC(Cl)(C3)C1)C2)c1ccccc1. The van der Waals surface area contributed by atoms with Crippen molar-refractivity contribution in [1.29, 1.82) is 0 Å². The summed E-state index contributed by atoms with van der Waals surface area (Å²) in [4.78, 5) is 27.3. The van der Waals surface area contributed by atoms with Crippen molar-refractivity contribution in [2.45, 2.75) is 63.3 Å². The summed E-state index contributed by atoms with van der Waals surface area (Å²) in [6.45, 7) is 3.71. The van der Waals surface area contributed by atoms with Gasteiger partial charge < -0.3 is 9.64 Å². The summed E-state index contributed by atoms with van der Waals surface area (Å²) in [6.07, 6.45) is 5.68. The van der Waals surface area contributed by atoms with Crippen LogP contribution < -0.4 is 4.90 Å². The zero-order chi connectivity index (χ0) is 19.2. The van der Waals surface area contributed by atoms with Crippen LogP contribution in [0.4, 0.5) is 5.69 Å². The molecule has 146 valence electrons. The highest BCUT2D eigenvalue weighted by Crippen LogP contribution is 2.64. The highest BCUT2D eigenvalue weighted by atomic mass is 35.5. The van der Waals surface area contributed by atoms with Crippen LogP contribution in [0.3, 0.4) is 0 Å². The number of hydrogen-bond donors (Lipinski definition) is 0. The Kier molecular flexibility index (Phi) is 4.74. The van der Waals surface area contributed by atoms with Gasteiger partial charge in [-0.05, 0) is 76.3 Å². The Balaban J connectivity index is 1.44. The molecule has 4 fully saturated rings. The molecule has 4 saturated carbocycles. The lowest BCUT2D eigenvalue weighted by Crippen LogP contribution is -2.56. The van der Waals surface area contributed by atoms with E-state index in [-0.39, 0.29) is 29.4 Å². The summed E-state index contributed by atoms with van der Waals surface area (Å²) >= 11 is 6.82. The Morgan fingerprint density at radius 1 is 1.15 bits per heavy atom. The van der Waals surface area contributed by atoms with Crippen LogP contribution >= 0.6 is 11.6 Å². The van der Waals surface area contributed by atoms with Crippen molar-refractivity contribution >= 4 is 29.2 Å². The lowest BCUT2D eigenvalue weighted by Gasteiger charge is -2.58. The largest absolute Gasteiger partial charge is 0.455 e. The predicted octanol–water partition coefficient (Wildman–Crippen LogP) is 4.55. The van der Waals surface area contributed by atoms with Gasteiger partial charge in [-0.1, -0.05) is 18.2 Å². The number of amides is 1. The van der Waals surface area contributed by atoms with E-state index in [0.717, 1.165) is 31.4 Å². The highest BCUT2D eigenvalue weighted by Gasteiger charge is 2.60. The van der Waals surface area contributed by atoms with Crippen molar-refractivity contribution in [3.8, 4) is 0 Å². The molecule has 4 atom stereocenters. The monoisotopic (exact) mass is 389 g/mol. The molecule has 1 aromatic rings. The van der Waals surface area contributed by atoms with Gasteiger partial charge in [-0.25, -0.2) is 0 Å². The molecule has 4 bridgehead atoms. The van der Waals surface area contributed by atoms with E-state index in [9.17, 15) is 9.59 Å². The molecular weight excluding hydrogens is 362 g/mol. The molecule has 27 heavy (non-hydrogen) atoms. The molecule has 0 N–H and O–H groups in total. The second kappa shape index (κ2) is 6.80. The maximum atomic E-state index is 13.0. The Labute approximate surface area is 166 Å². The molecule has 4 aliphatic rings. The number of rotatable bonds is 5. The predicted molar refractivity (Wildman–Crippen MR) is 106 cm³/mol. The third-order valence-electron chi connectivity index (χ3n) is 6.57. The highest BCUT2D eigenvalue weighted by molar-refractivity contribution is 6.24. The van der Waals surface area contributed by atoms with Gasteiger partial charge in [-0.2, -0.15) is 0 Å². The van der Waals surface area contributed by atoms with Crippen molar-refractivity contribution < 1.29 is 14.3 Å². The molecule has 5 rings (SSSR count). The number of ether oxygens (including phenoxy) is 1. The Morgan fingerprint density at radius 3 is 2.33 bits per heavy atom. The summed E-state index contributed by atoms with van der Waals surface area (Å²) in [5.74, 6) is 0.661. The quantitative estimate of drug-likeness (QED) is 0.548. The first-order valence-electron chi connectivity index (χ1n) is 10.0. The molecule has 1 aromatic carbocycles. The average Bonchev–Trinajstić information content (AvgIpc) is 2.58. The summed E-state index contributed by atoms with van der Waals surface area (Å²) < 4.78 is 5.60.